The van der Waals surface area contributed by atoms with E-state index < -0.39 is 10.5 Å². The van der Waals surface area contributed by atoms with Gasteiger partial charge in [0.15, 0.2) is 12.0 Å². The summed E-state index contributed by atoms with van der Waals surface area (Å²) in [4.78, 5) is 10.5. The third-order valence-electron chi connectivity index (χ3n) is 1.74. The Kier molecular flexibility index (Phi) is 2.94. The van der Waals surface area contributed by atoms with Gasteiger partial charge in [0.1, 0.15) is 0 Å². The van der Waals surface area contributed by atoms with Gasteiger partial charge in [0.25, 0.3) is 0 Å². The summed E-state index contributed by atoms with van der Waals surface area (Å²) in [6.45, 7) is 1.42. The maximum atomic E-state index is 12.2. The standard InChI is InChI=1S/C8H8FNO4S/c1-5-6(4-11)2-7(10)3-8(5)14-15(9,12)13/h2-4H,10H2,1H3. The zero-order valence-electron chi connectivity index (χ0n) is 7.73. The molecule has 0 saturated heterocycles. The maximum Gasteiger partial charge on any atom is 0.488 e. The molecular weight excluding hydrogens is 225 g/mol. The van der Waals surface area contributed by atoms with Crippen LogP contribution in [0.3, 0.4) is 0 Å². The van der Waals surface area contributed by atoms with Crippen molar-refractivity contribution in [3.05, 3.63) is 23.3 Å². The molecule has 0 aliphatic heterocycles. The van der Waals surface area contributed by atoms with Gasteiger partial charge in [-0.3, -0.25) is 4.79 Å². The van der Waals surface area contributed by atoms with Crippen molar-refractivity contribution in [3.63, 3.8) is 0 Å². The molecule has 0 atom stereocenters. The molecule has 7 heteroatoms. The Bertz CT molecular complexity index is 498. The van der Waals surface area contributed by atoms with E-state index in [1.165, 1.54) is 13.0 Å². The Labute approximate surface area is 86.1 Å². The molecule has 1 aromatic rings. The molecule has 0 saturated carbocycles. The number of hydrogen-bond donors (Lipinski definition) is 1. The Morgan fingerprint density at radius 2 is 2.07 bits per heavy atom. The monoisotopic (exact) mass is 233 g/mol. The number of nitrogen functional groups attached to an aromatic ring is 1. The number of benzene rings is 1. The summed E-state index contributed by atoms with van der Waals surface area (Å²) in [5.74, 6) is -0.292. The van der Waals surface area contributed by atoms with Gasteiger partial charge in [-0.15, -0.1) is 0 Å². The van der Waals surface area contributed by atoms with Crippen LogP contribution in [0, 0.1) is 6.92 Å². The van der Waals surface area contributed by atoms with E-state index in [4.69, 9.17) is 5.73 Å². The van der Waals surface area contributed by atoms with E-state index in [-0.39, 0.29) is 22.6 Å². The summed E-state index contributed by atoms with van der Waals surface area (Å²) in [6.07, 6.45) is 0.476. The van der Waals surface area contributed by atoms with Gasteiger partial charge in [-0.05, 0) is 13.0 Å². The van der Waals surface area contributed by atoms with Crippen LogP contribution in [0.15, 0.2) is 12.1 Å². The van der Waals surface area contributed by atoms with Gasteiger partial charge in [-0.25, -0.2) is 0 Å². The van der Waals surface area contributed by atoms with Gasteiger partial charge in [-0.2, -0.15) is 8.42 Å². The number of carbonyl (C=O) groups is 1. The van der Waals surface area contributed by atoms with Crippen LogP contribution < -0.4 is 9.92 Å². The molecule has 0 bridgehead atoms. The van der Waals surface area contributed by atoms with Gasteiger partial charge in [-0.1, -0.05) is 3.89 Å². The van der Waals surface area contributed by atoms with Crippen molar-refractivity contribution in [1.29, 1.82) is 0 Å². The fraction of sp³-hybridized carbons (Fsp3) is 0.125. The first-order valence-electron chi connectivity index (χ1n) is 3.83. The second-order valence-electron chi connectivity index (χ2n) is 2.83. The minimum absolute atomic E-state index is 0.112. The Morgan fingerprint density at radius 3 is 2.53 bits per heavy atom. The largest absolute Gasteiger partial charge is 0.488 e. The normalized spacial score (nSPS) is 11.1. The lowest BCUT2D eigenvalue weighted by molar-refractivity contribution is 0.112. The zero-order chi connectivity index (χ0) is 11.6. The minimum atomic E-state index is -5.11. The molecular formula is C8H8FNO4S. The van der Waals surface area contributed by atoms with Gasteiger partial charge >= 0.3 is 10.5 Å². The summed E-state index contributed by atoms with van der Waals surface area (Å²) in [7, 11) is -5.11. The van der Waals surface area contributed by atoms with Crippen molar-refractivity contribution in [2.75, 3.05) is 5.73 Å². The van der Waals surface area contributed by atoms with E-state index in [0.29, 0.717) is 6.29 Å². The van der Waals surface area contributed by atoms with Crippen LogP contribution in [0.5, 0.6) is 5.75 Å². The summed E-state index contributed by atoms with van der Waals surface area (Å²) in [5.41, 5.74) is 5.83. The molecule has 82 valence electrons. The van der Waals surface area contributed by atoms with Crippen molar-refractivity contribution in [2.24, 2.45) is 0 Å². The summed E-state index contributed by atoms with van der Waals surface area (Å²) in [6, 6.07) is 2.46. The maximum absolute atomic E-state index is 12.2. The van der Waals surface area contributed by atoms with Crippen LogP contribution in [-0.2, 0) is 10.5 Å². The van der Waals surface area contributed by atoms with E-state index in [1.807, 2.05) is 0 Å². The van der Waals surface area contributed by atoms with Gasteiger partial charge in [0.2, 0.25) is 0 Å². The third kappa shape index (κ3) is 2.91. The Morgan fingerprint density at radius 1 is 1.47 bits per heavy atom. The molecule has 0 aliphatic rings. The molecule has 0 heterocycles. The lowest BCUT2D eigenvalue weighted by Crippen LogP contribution is -2.04. The van der Waals surface area contributed by atoms with Gasteiger partial charge in [0, 0.05) is 22.9 Å². The van der Waals surface area contributed by atoms with Crippen molar-refractivity contribution in [2.45, 2.75) is 6.92 Å². The molecule has 0 fully saturated rings. The summed E-state index contributed by atoms with van der Waals surface area (Å²) >= 11 is 0. The average molecular weight is 233 g/mol. The third-order valence-corrected chi connectivity index (χ3v) is 2.12. The molecule has 5 nitrogen and oxygen atoms in total. The first-order chi connectivity index (χ1) is 6.83. The SMILES string of the molecule is Cc1c(C=O)cc(N)cc1OS(=O)(=O)F. The van der Waals surface area contributed by atoms with Crippen LogP contribution in [0.25, 0.3) is 0 Å². The van der Waals surface area contributed by atoms with Crippen molar-refractivity contribution < 1.29 is 21.3 Å². The highest BCUT2D eigenvalue weighted by Crippen LogP contribution is 2.25. The van der Waals surface area contributed by atoms with Crippen molar-refractivity contribution in [1.82, 2.24) is 0 Å². The molecule has 0 amide bonds. The molecule has 0 unspecified atom stereocenters. The minimum Gasteiger partial charge on any atom is -0.399 e. The predicted molar refractivity (Wildman–Crippen MR) is 51.6 cm³/mol. The van der Waals surface area contributed by atoms with Crippen LogP contribution in [0.1, 0.15) is 15.9 Å². The second kappa shape index (κ2) is 3.85. The van der Waals surface area contributed by atoms with Crippen LogP contribution in [0.2, 0.25) is 0 Å². The van der Waals surface area contributed by atoms with E-state index in [2.05, 4.69) is 4.18 Å². The Balaban J connectivity index is 3.30. The Hall–Kier alpha value is -1.63. The fourth-order valence-corrected chi connectivity index (χ4v) is 1.44. The lowest BCUT2D eigenvalue weighted by Gasteiger charge is -2.07. The number of aldehydes is 1. The molecule has 0 spiro atoms. The number of nitrogens with two attached hydrogens (primary N) is 1. The zero-order valence-corrected chi connectivity index (χ0v) is 8.55. The van der Waals surface area contributed by atoms with Gasteiger partial charge < -0.3 is 9.92 Å². The topological polar surface area (TPSA) is 86.5 Å². The van der Waals surface area contributed by atoms with Crippen LogP contribution >= 0.6 is 0 Å². The first-order valence-corrected chi connectivity index (χ1v) is 5.13. The molecule has 0 aliphatic carbocycles. The van der Waals surface area contributed by atoms with Crippen LogP contribution in [-0.4, -0.2) is 14.7 Å². The molecule has 0 radical (unpaired) electrons. The van der Waals surface area contributed by atoms with Crippen molar-refractivity contribution in [3.8, 4) is 5.75 Å². The molecule has 1 aromatic carbocycles. The average Bonchev–Trinajstić information content (AvgIpc) is 2.08. The fourth-order valence-electron chi connectivity index (χ4n) is 1.05. The van der Waals surface area contributed by atoms with E-state index in [0.717, 1.165) is 6.07 Å². The number of carbonyl (C=O) groups excluding carboxylic acids is 1. The number of rotatable bonds is 3. The molecule has 2 N–H and O–H groups in total. The molecule has 0 aromatic heterocycles. The van der Waals surface area contributed by atoms with Gasteiger partial charge in [0.05, 0.1) is 0 Å². The highest BCUT2D eigenvalue weighted by molar-refractivity contribution is 7.81. The van der Waals surface area contributed by atoms with Crippen molar-refractivity contribution >= 4 is 22.5 Å². The summed E-state index contributed by atoms with van der Waals surface area (Å²) in [5, 5.41) is 0. The molecule has 1 rings (SSSR count). The first kappa shape index (κ1) is 11.4. The smallest absolute Gasteiger partial charge is 0.399 e. The number of anilines is 1. The van der Waals surface area contributed by atoms with E-state index >= 15 is 0 Å². The van der Waals surface area contributed by atoms with E-state index in [9.17, 15) is 17.1 Å². The lowest BCUT2D eigenvalue weighted by atomic mass is 10.1. The second-order valence-corrected chi connectivity index (χ2v) is 3.78. The van der Waals surface area contributed by atoms with Crippen LogP contribution in [0.4, 0.5) is 9.57 Å². The number of hydrogen-bond acceptors (Lipinski definition) is 5. The highest BCUT2D eigenvalue weighted by Gasteiger charge is 2.14. The highest BCUT2D eigenvalue weighted by atomic mass is 32.3. The predicted octanol–water partition coefficient (Wildman–Crippen LogP) is 0.983. The quantitative estimate of drug-likeness (QED) is 0.477. The summed E-state index contributed by atoms with van der Waals surface area (Å²) < 4.78 is 36.8. The van der Waals surface area contributed by atoms with E-state index in [1.54, 1.807) is 0 Å². The number of halogens is 1. The molecule has 15 heavy (non-hydrogen) atoms.